The number of fused-ring (bicyclic) bond motifs is 12. The van der Waals surface area contributed by atoms with Crippen LogP contribution in [0.15, 0.2) is 212 Å². The van der Waals surface area contributed by atoms with Crippen LogP contribution < -0.4 is 0 Å². The van der Waals surface area contributed by atoms with E-state index in [4.69, 9.17) is 9.97 Å². The van der Waals surface area contributed by atoms with Crippen LogP contribution >= 0.6 is 0 Å². The number of benzene rings is 10. The number of imidazole rings is 1. The first-order chi connectivity index (χ1) is 30.2. The van der Waals surface area contributed by atoms with Crippen molar-refractivity contribution in [2.45, 2.75) is 0 Å². The Labute approximate surface area is 351 Å². The van der Waals surface area contributed by atoms with Crippen LogP contribution in [-0.2, 0) is 0 Å². The number of pyridine rings is 2. The van der Waals surface area contributed by atoms with Crippen LogP contribution in [0.2, 0.25) is 0 Å². The summed E-state index contributed by atoms with van der Waals surface area (Å²) in [5, 5.41) is 12.2. The molecule has 3 aromatic heterocycles. The second-order valence-corrected chi connectivity index (χ2v) is 16.1. The first-order valence-corrected chi connectivity index (χ1v) is 20.9. The lowest BCUT2D eigenvalue weighted by atomic mass is 9.84. The summed E-state index contributed by atoms with van der Waals surface area (Å²) in [4.78, 5) is 10.00. The molecule has 0 radical (unpaired) electrons. The van der Waals surface area contributed by atoms with Crippen LogP contribution in [0.1, 0.15) is 0 Å². The summed E-state index contributed by atoms with van der Waals surface area (Å²) in [7, 11) is 0. The van der Waals surface area contributed by atoms with E-state index in [-0.39, 0.29) is 0 Å². The Bertz CT molecular complexity index is 3930. The summed E-state index contributed by atoms with van der Waals surface area (Å²) in [6.45, 7) is 0. The van der Waals surface area contributed by atoms with Crippen LogP contribution in [0.3, 0.4) is 0 Å². The highest BCUT2D eigenvalue weighted by molar-refractivity contribution is 6.23. The molecule has 0 saturated carbocycles. The molecule has 0 fully saturated rings. The van der Waals surface area contributed by atoms with Crippen molar-refractivity contribution in [3.05, 3.63) is 212 Å². The number of nitrogens with zero attached hydrogens (tertiary/aromatic N) is 3. The average molecular weight is 774 g/mol. The van der Waals surface area contributed by atoms with E-state index in [0.29, 0.717) is 0 Å². The molecule has 3 heterocycles. The molecule has 10 aromatic carbocycles. The van der Waals surface area contributed by atoms with Crippen LogP contribution in [0.5, 0.6) is 0 Å². The number of hydrogen-bond acceptors (Lipinski definition) is 2. The SMILES string of the molecule is c1ccc2cc(-c3c4ccccc4c(-c4ccc5ccccc5c4)c4cc(-c5ccc(-c6ccc7c(c6)c6ncccc6n6c8ccccc8nc76)cc5)ccc34)ccc2c1. The summed E-state index contributed by atoms with van der Waals surface area (Å²) in [6.07, 6.45) is 1.89. The molecule has 0 N–H and O–H groups in total. The largest absolute Gasteiger partial charge is 0.290 e. The van der Waals surface area contributed by atoms with E-state index in [2.05, 4.69) is 199 Å². The van der Waals surface area contributed by atoms with Crippen molar-refractivity contribution >= 4 is 81.6 Å². The Morgan fingerprint density at radius 3 is 1.48 bits per heavy atom. The molecule has 13 rings (SSSR count). The third kappa shape index (κ3) is 5.24. The number of para-hydroxylation sites is 2. The molecule has 0 aliphatic carbocycles. The van der Waals surface area contributed by atoms with Crippen molar-refractivity contribution in [2.75, 3.05) is 0 Å². The molecule has 3 nitrogen and oxygen atoms in total. The fraction of sp³-hybridized carbons (Fsp3) is 0. The zero-order valence-electron chi connectivity index (χ0n) is 33.0. The molecule has 0 saturated heterocycles. The third-order valence-electron chi connectivity index (χ3n) is 12.8. The molecule has 0 aliphatic heterocycles. The Hall–Kier alpha value is -8.14. The molecular formula is C58H35N3. The van der Waals surface area contributed by atoms with Gasteiger partial charge < -0.3 is 0 Å². The minimum Gasteiger partial charge on any atom is -0.290 e. The Morgan fingerprint density at radius 1 is 0.311 bits per heavy atom. The smallest absolute Gasteiger partial charge is 0.146 e. The summed E-state index contributed by atoms with van der Waals surface area (Å²) in [6, 6.07) is 75.4. The topological polar surface area (TPSA) is 30.2 Å². The Balaban J connectivity index is 0.985. The van der Waals surface area contributed by atoms with Gasteiger partial charge in [0.05, 0.1) is 22.1 Å². The van der Waals surface area contributed by atoms with Crippen molar-refractivity contribution < 1.29 is 0 Å². The lowest BCUT2D eigenvalue weighted by molar-refractivity contribution is 1.29. The van der Waals surface area contributed by atoms with E-state index in [0.717, 1.165) is 49.6 Å². The summed E-state index contributed by atoms with van der Waals surface area (Å²) < 4.78 is 2.25. The van der Waals surface area contributed by atoms with Crippen LogP contribution in [0.25, 0.3) is 126 Å². The summed E-state index contributed by atoms with van der Waals surface area (Å²) in [5.74, 6) is 0. The Morgan fingerprint density at radius 2 is 0.803 bits per heavy atom. The zero-order valence-corrected chi connectivity index (χ0v) is 33.0. The van der Waals surface area contributed by atoms with E-state index >= 15 is 0 Å². The van der Waals surface area contributed by atoms with Crippen LogP contribution in [-0.4, -0.2) is 14.4 Å². The van der Waals surface area contributed by atoms with Crippen molar-refractivity contribution in [3.8, 4) is 44.5 Å². The maximum atomic E-state index is 5.09. The van der Waals surface area contributed by atoms with Gasteiger partial charge in [-0.25, -0.2) is 4.98 Å². The molecule has 0 spiro atoms. The van der Waals surface area contributed by atoms with Gasteiger partial charge in [-0.15, -0.1) is 0 Å². The molecule has 3 heteroatoms. The van der Waals surface area contributed by atoms with Crippen molar-refractivity contribution in [2.24, 2.45) is 0 Å². The molecule has 0 amide bonds. The highest BCUT2D eigenvalue weighted by Gasteiger charge is 2.19. The van der Waals surface area contributed by atoms with E-state index < -0.39 is 0 Å². The van der Waals surface area contributed by atoms with Crippen molar-refractivity contribution in [1.82, 2.24) is 14.4 Å². The lowest BCUT2D eigenvalue weighted by Crippen LogP contribution is -1.93. The van der Waals surface area contributed by atoms with Gasteiger partial charge in [-0.3, -0.25) is 9.38 Å². The van der Waals surface area contributed by atoms with Gasteiger partial charge in [0.15, 0.2) is 0 Å². The second-order valence-electron chi connectivity index (χ2n) is 16.1. The predicted octanol–water partition coefficient (Wildman–Crippen LogP) is 15.5. The minimum atomic E-state index is 0.953. The van der Waals surface area contributed by atoms with Crippen molar-refractivity contribution in [1.29, 1.82) is 0 Å². The van der Waals surface area contributed by atoms with Gasteiger partial charge in [0.1, 0.15) is 5.65 Å². The van der Waals surface area contributed by atoms with E-state index in [1.165, 1.54) is 76.5 Å². The molecule has 61 heavy (non-hydrogen) atoms. The van der Waals surface area contributed by atoms with Gasteiger partial charge in [0.25, 0.3) is 0 Å². The second kappa shape index (κ2) is 13.2. The average Bonchev–Trinajstić information content (AvgIpc) is 3.73. The Kier molecular flexibility index (Phi) is 7.31. The van der Waals surface area contributed by atoms with E-state index in [1.54, 1.807) is 0 Å². The monoisotopic (exact) mass is 773 g/mol. The highest BCUT2D eigenvalue weighted by atomic mass is 15.0. The third-order valence-corrected chi connectivity index (χ3v) is 12.8. The zero-order chi connectivity index (χ0) is 40.0. The van der Waals surface area contributed by atoms with Gasteiger partial charge in [0.2, 0.25) is 0 Å². The maximum Gasteiger partial charge on any atom is 0.146 e. The first-order valence-electron chi connectivity index (χ1n) is 20.9. The quantitative estimate of drug-likeness (QED) is 0.132. The van der Waals surface area contributed by atoms with Gasteiger partial charge in [-0.2, -0.15) is 0 Å². The first kappa shape index (κ1) is 33.8. The summed E-state index contributed by atoms with van der Waals surface area (Å²) >= 11 is 0. The molecule has 282 valence electrons. The fourth-order valence-electron chi connectivity index (χ4n) is 9.87. The minimum absolute atomic E-state index is 0.953. The normalized spacial score (nSPS) is 11.9. The number of hydrogen-bond donors (Lipinski definition) is 0. The molecule has 0 unspecified atom stereocenters. The standard InChI is InChI=1S/C58H35N3/c1-3-12-40-32-44(25-23-36(40)10-1)55-46-14-5-6-15-47(46)56(45-26-24-37-11-2-4-13-41(37)33-45)50-34-42(27-29-48(50)55)38-19-21-39(22-20-38)43-28-30-49-51(35-43)57-54(18-9-31-59-57)61-53-17-8-7-16-52(53)60-58(49)61/h1-35H. The molecule has 13 aromatic rings. The van der Waals surface area contributed by atoms with E-state index in [1.807, 2.05) is 18.3 Å². The molecule has 0 bridgehead atoms. The van der Waals surface area contributed by atoms with Gasteiger partial charge in [-0.05, 0) is 142 Å². The lowest BCUT2D eigenvalue weighted by Gasteiger charge is -2.19. The number of aromatic nitrogens is 3. The van der Waals surface area contributed by atoms with Crippen LogP contribution in [0, 0.1) is 0 Å². The van der Waals surface area contributed by atoms with Crippen molar-refractivity contribution in [3.63, 3.8) is 0 Å². The number of rotatable bonds is 4. The maximum absolute atomic E-state index is 5.09. The highest BCUT2D eigenvalue weighted by Crippen LogP contribution is 2.46. The van der Waals surface area contributed by atoms with Crippen LogP contribution in [0.4, 0.5) is 0 Å². The van der Waals surface area contributed by atoms with Gasteiger partial charge in [-0.1, -0.05) is 152 Å². The molecule has 0 atom stereocenters. The molecule has 0 aliphatic rings. The predicted molar refractivity (Wildman–Crippen MR) is 257 cm³/mol. The fourth-order valence-corrected chi connectivity index (χ4v) is 9.87. The van der Waals surface area contributed by atoms with Gasteiger partial charge >= 0.3 is 0 Å². The van der Waals surface area contributed by atoms with Gasteiger partial charge in [0, 0.05) is 17.0 Å². The summed E-state index contributed by atoms with van der Waals surface area (Å²) in [5.41, 5.74) is 14.7. The molecular weight excluding hydrogens is 739 g/mol. The van der Waals surface area contributed by atoms with E-state index in [9.17, 15) is 0 Å².